The summed E-state index contributed by atoms with van der Waals surface area (Å²) in [5.41, 5.74) is 9.04. The summed E-state index contributed by atoms with van der Waals surface area (Å²) in [5.74, 6) is 0.208. The van der Waals surface area contributed by atoms with E-state index in [1.165, 1.54) is 23.5 Å². The highest BCUT2D eigenvalue weighted by atomic mass is 35.5. The van der Waals surface area contributed by atoms with Gasteiger partial charge in [-0.05, 0) is 18.2 Å². The topological polar surface area (TPSA) is 81.1 Å². The van der Waals surface area contributed by atoms with E-state index in [9.17, 15) is 4.39 Å². The van der Waals surface area contributed by atoms with E-state index >= 15 is 0 Å². The molecule has 0 bridgehead atoms. The van der Waals surface area contributed by atoms with Crippen molar-refractivity contribution in [2.75, 3.05) is 6.54 Å². The molecule has 0 fully saturated rings. The average molecular weight is 403 g/mol. The molecule has 27 heavy (non-hydrogen) atoms. The monoisotopic (exact) mass is 402 g/mol. The van der Waals surface area contributed by atoms with Gasteiger partial charge in [0, 0.05) is 53.2 Å². The SMILES string of the molecule is Cn1ccc(C2=C(CN)NC(c3nccs3)=NC2c2ccc(F)cc2Cl)n1. The molecule has 1 atom stereocenters. The average Bonchev–Trinajstić information content (AvgIpc) is 3.32. The van der Waals surface area contributed by atoms with Gasteiger partial charge in [-0.3, -0.25) is 9.67 Å². The van der Waals surface area contributed by atoms with Crippen LogP contribution in [0.3, 0.4) is 0 Å². The fourth-order valence-electron chi connectivity index (χ4n) is 3.01. The van der Waals surface area contributed by atoms with Gasteiger partial charge < -0.3 is 11.1 Å². The van der Waals surface area contributed by atoms with Gasteiger partial charge in [-0.2, -0.15) is 5.10 Å². The summed E-state index contributed by atoms with van der Waals surface area (Å²) >= 11 is 7.83. The molecule has 3 aromatic rings. The molecule has 0 amide bonds. The van der Waals surface area contributed by atoms with Gasteiger partial charge in [0.1, 0.15) is 11.9 Å². The van der Waals surface area contributed by atoms with Gasteiger partial charge in [-0.1, -0.05) is 17.7 Å². The van der Waals surface area contributed by atoms with Crippen LogP contribution in [0.2, 0.25) is 5.02 Å². The summed E-state index contributed by atoms with van der Waals surface area (Å²) in [5, 5.41) is 10.7. The van der Waals surface area contributed by atoms with Crippen molar-refractivity contribution in [2.45, 2.75) is 6.04 Å². The largest absolute Gasteiger partial charge is 0.340 e. The minimum absolute atomic E-state index is 0.256. The molecule has 3 N–H and O–H groups in total. The Morgan fingerprint density at radius 2 is 2.22 bits per heavy atom. The van der Waals surface area contributed by atoms with E-state index in [0.29, 0.717) is 16.4 Å². The van der Waals surface area contributed by atoms with Gasteiger partial charge in [-0.15, -0.1) is 11.3 Å². The van der Waals surface area contributed by atoms with E-state index in [0.717, 1.165) is 22.0 Å². The van der Waals surface area contributed by atoms with Crippen molar-refractivity contribution < 1.29 is 4.39 Å². The minimum Gasteiger partial charge on any atom is -0.340 e. The molecule has 0 spiro atoms. The first-order chi connectivity index (χ1) is 13.1. The summed E-state index contributed by atoms with van der Waals surface area (Å²) in [4.78, 5) is 9.16. The highest BCUT2D eigenvalue weighted by Gasteiger charge is 2.30. The van der Waals surface area contributed by atoms with Crippen LogP contribution in [0.5, 0.6) is 0 Å². The molecule has 1 aliphatic rings. The van der Waals surface area contributed by atoms with Crippen LogP contribution in [0.15, 0.2) is 52.7 Å². The van der Waals surface area contributed by atoms with E-state index in [1.54, 1.807) is 16.9 Å². The number of nitrogens with two attached hydrogens (primary N) is 1. The van der Waals surface area contributed by atoms with Crippen LogP contribution in [0.4, 0.5) is 4.39 Å². The van der Waals surface area contributed by atoms with E-state index in [2.05, 4.69) is 15.4 Å². The van der Waals surface area contributed by atoms with Crippen LogP contribution < -0.4 is 11.1 Å². The Bertz CT molecular complexity index is 1040. The maximum atomic E-state index is 13.6. The molecular weight excluding hydrogens is 387 g/mol. The maximum absolute atomic E-state index is 13.6. The maximum Gasteiger partial charge on any atom is 0.163 e. The van der Waals surface area contributed by atoms with Crippen LogP contribution in [0.25, 0.3) is 5.57 Å². The van der Waals surface area contributed by atoms with Crippen molar-refractivity contribution >= 4 is 34.3 Å². The van der Waals surface area contributed by atoms with E-state index in [1.807, 2.05) is 24.7 Å². The first-order valence-corrected chi connectivity index (χ1v) is 9.45. The smallest absolute Gasteiger partial charge is 0.163 e. The molecular formula is C18H16ClFN6S. The van der Waals surface area contributed by atoms with Crippen LogP contribution in [0, 0.1) is 5.82 Å². The lowest BCUT2D eigenvalue weighted by molar-refractivity contribution is 0.626. The number of aryl methyl sites for hydroxylation is 1. The van der Waals surface area contributed by atoms with Gasteiger partial charge in [0.05, 0.1) is 5.69 Å². The molecule has 0 saturated carbocycles. The van der Waals surface area contributed by atoms with Gasteiger partial charge in [0.15, 0.2) is 10.8 Å². The third-order valence-electron chi connectivity index (χ3n) is 4.21. The van der Waals surface area contributed by atoms with Crippen molar-refractivity contribution in [1.29, 1.82) is 0 Å². The van der Waals surface area contributed by atoms with Crippen molar-refractivity contribution in [3.63, 3.8) is 0 Å². The number of rotatable bonds is 4. The molecule has 1 aromatic carbocycles. The van der Waals surface area contributed by atoms with Crippen molar-refractivity contribution in [1.82, 2.24) is 20.1 Å². The highest BCUT2D eigenvalue weighted by Crippen LogP contribution is 2.40. The van der Waals surface area contributed by atoms with Crippen molar-refractivity contribution in [3.8, 4) is 0 Å². The van der Waals surface area contributed by atoms with E-state index < -0.39 is 11.9 Å². The zero-order valence-electron chi connectivity index (χ0n) is 14.4. The number of nitrogens with zero attached hydrogens (tertiary/aromatic N) is 4. The number of benzene rings is 1. The quantitative estimate of drug-likeness (QED) is 0.702. The fourth-order valence-corrected chi connectivity index (χ4v) is 3.87. The van der Waals surface area contributed by atoms with Gasteiger partial charge in [0.2, 0.25) is 0 Å². The predicted octanol–water partition coefficient (Wildman–Crippen LogP) is 3.13. The first-order valence-electron chi connectivity index (χ1n) is 8.19. The molecule has 4 rings (SSSR count). The zero-order valence-corrected chi connectivity index (χ0v) is 15.9. The molecule has 1 aliphatic heterocycles. The second kappa shape index (κ2) is 7.22. The molecule has 0 saturated heterocycles. The lowest BCUT2D eigenvalue weighted by Gasteiger charge is -2.27. The third-order valence-corrected chi connectivity index (χ3v) is 5.32. The minimum atomic E-state index is -0.480. The fraction of sp³-hybridized carbons (Fsp3) is 0.167. The first kappa shape index (κ1) is 17.8. The number of halogens is 2. The standard InChI is InChI=1S/C18H16ClFN6S/c1-26-6-4-13(25-26)15-14(9-21)23-17(18-22-5-7-27-18)24-16(15)11-3-2-10(20)8-12(11)19/h2-8,16H,9,21H2,1H3,(H,23,24). The van der Waals surface area contributed by atoms with E-state index in [4.69, 9.17) is 22.3 Å². The summed E-state index contributed by atoms with van der Waals surface area (Å²) in [6, 6.07) is 5.72. The Morgan fingerprint density at radius 3 is 2.85 bits per heavy atom. The molecule has 0 radical (unpaired) electrons. The summed E-state index contributed by atoms with van der Waals surface area (Å²) in [6.45, 7) is 0.256. The second-order valence-electron chi connectivity index (χ2n) is 5.98. The number of aromatic nitrogens is 3. The molecule has 3 heterocycles. The van der Waals surface area contributed by atoms with Gasteiger partial charge in [-0.25, -0.2) is 9.37 Å². The second-order valence-corrected chi connectivity index (χ2v) is 7.28. The number of nitrogens with one attached hydrogen (secondary N) is 1. The van der Waals surface area contributed by atoms with Crippen molar-refractivity contribution in [3.05, 3.63) is 74.8 Å². The third kappa shape index (κ3) is 3.39. The van der Waals surface area contributed by atoms with Crippen LogP contribution in [-0.4, -0.2) is 27.1 Å². The zero-order chi connectivity index (χ0) is 19.0. The van der Waals surface area contributed by atoms with Crippen LogP contribution in [-0.2, 0) is 7.05 Å². The van der Waals surface area contributed by atoms with Crippen LogP contribution in [0.1, 0.15) is 22.3 Å². The molecule has 9 heteroatoms. The molecule has 6 nitrogen and oxygen atoms in total. The van der Waals surface area contributed by atoms with Gasteiger partial charge >= 0.3 is 0 Å². The van der Waals surface area contributed by atoms with Gasteiger partial charge in [0.25, 0.3) is 0 Å². The van der Waals surface area contributed by atoms with E-state index in [-0.39, 0.29) is 6.54 Å². The Morgan fingerprint density at radius 1 is 1.37 bits per heavy atom. The number of hydrogen-bond acceptors (Lipinski definition) is 6. The Kier molecular flexibility index (Phi) is 4.77. The molecule has 2 aromatic heterocycles. The number of aliphatic imine (C=N–C) groups is 1. The summed E-state index contributed by atoms with van der Waals surface area (Å²) in [7, 11) is 1.84. The summed E-state index contributed by atoms with van der Waals surface area (Å²) < 4.78 is 15.3. The molecule has 138 valence electrons. The highest BCUT2D eigenvalue weighted by molar-refractivity contribution is 7.11. The Balaban J connectivity index is 1.91. The normalized spacial score (nSPS) is 17.0. The number of hydrogen-bond donors (Lipinski definition) is 2. The predicted molar refractivity (Wildman–Crippen MR) is 105 cm³/mol. The molecule has 1 unspecified atom stereocenters. The van der Waals surface area contributed by atoms with Crippen molar-refractivity contribution in [2.24, 2.45) is 17.8 Å². The summed E-state index contributed by atoms with van der Waals surface area (Å²) in [6.07, 6.45) is 3.56. The van der Waals surface area contributed by atoms with Crippen LogP contribution >= 0.6 is 22.9 Å². The lowest BCUT2D eigenvalue weighted by Crippen LogP contribution is -2.34. The molecule has 0 aliphatic carbocycles. The number of amidine groups is 1. The Labute approximate surface area is 164 Å². The Hall–Kier alpha value is -2.55. The number of thiazole rings is 1. The lowest BCUT2D eigenvalue weighted by atomic mass is 9.93.